The number of amides is 2. The second kappa shape index (κ2) is 6.69. The summed E-state index contributed by atoms with van der Waals surface area (Å²) in [4.78, 5) is 26.5. The molecule has 0 spiro atoms. The number of rotatable bonds is 3. The predicted molar refractivity (Wildman–Crippen MR) is 104 cm³/mol. The van der Waals surface area contributed by atoms with Gasteiger partial charge in [-0.25, -0.2) is 0 Å². The van der Waals surface area contributed by atoms with Gasteiger partial charge in [0.15, 0.2) is 0 Å². The normalized spacial score (nSPS) is 16.0. The minimum absolute atomic E-state index is 0.0776. The molecule has 1 N–H and O–H groups in total. The fourth-order valence-electron chi connectivity index (χ4n) is 2.91. The number of aromatic hydroxyl groups is 1. The lowest BCUT2D eigenvalue weighted by Gasteiger charge is -2.13. The maximum absolute atomic E-state index is 12.6. The Morgan fingerprint density at radius 3 is 2.46 bits per heavy atom. The third-order valence-electron chi connectivity index (χ3n) is 4.25. The molecule has 0 atom stereocenters. The fraction of sp³-hybridized carbons (Fsp3) is 0.0476. The van der Waals surface area contributed by atoms with E-state index in [1.54, 1.807) is 30.3 Å². The molecule has 1 fully saturated rings. The molecule has 1 saturated heterocycles. The van der Waals surface area contributed by atoms with Crippen molar-refractivity contribution in [2.45, 2.75) is 6.54 Å². The van der Waals surface area contributed by atoms with Crippen LogP contribution in [0.1, 0.15) is 11.1 Å². The van der Waals surface area contributed by atoms with Gasteiger partial charge in [-0.05, 0) is 46.3 Å². The second-order valence-corrected chi connectivity index (χ2v) is 7.00. The van der Waals surface area contributed by atoms with Crippen LogP contribution >= 0.6 is 11.8 Å². The minimum Gasteiger partial charge on any atom is -0.507 e. The lowest BCUT2D eigenvalue weighted by atomic mass is 10.1. The molecule has 3 aromatic rings. The molecule has 0 aromatic heterocycles. The van der Waals surface area contributed by atoms with Crippen molar-refractivity contribution in [1.82, 2.24) is 4.90 Å². The van der Waals surface area contributed by atoms with Crippen LogP contribution in [0.2, 0.25) is 0 Å². The van der Waals surface area contributed by atoms with E-state index in [2.05, 4.69) is 0 Å². The Hall–Kier alpha value is -3.05. The minimum atomic E-state index is -0.337. The average Bonchev–Trinajstić information content (AvgIpc) is 2.91. The summed E-state index contributed by atoms with van der Waals surface area (Å²) in [6.45, 7) is 0.230. The van der Waals surface area contributed by atoms with E-state index in [0.29, 0.717) is 10.5 Å². The van der Waals surface area contributed by atoms with Crippen LogP contribution in [-0.4, -0.2) is 21.2 Å². The highest BCUT2D eigenvalue weighted by Crippen LogP contribution is 2.34. The SMILES string of the molecule is O=C1S/C(=C\c2ccccc2O)C(=O)N1Cc1ccc2ccccc2c1. The number of phenols is 1. The molecule has 0 aliphatic carbocycles. The Morgan fingerprint density at radius 1 is 0.923 bits per heavy atom. The highest BCUT2D eigenvalue weighted by atomic mass is 32.2. The standard InChI is InChI=1S/C21H15NO3S/c23-18-8-4-3-7-17(18)12-19-20(24)22(21(25)26-19)13-14-9-10-15-5-1-2-6-16(15)11-14/h1-12,23H,13H2/b19-12-. The summed E-state index contributed by atoms with van der Waals surface area (Å²) in [6, 6.07) is 20.6. The first-order chi connectivity index (χ1) is 12.6. The molecule has 26 heavy (non-hydrogen) atoms. The van der Waals surface area contributed by atoms with Crippen LogP contribution in [-0.2, 0) is 11.3 Å². The molecule has 4 rings (SSSR count). The highest BCUT2D eigenvalue weighted by Gasteiger charge is 2.35. The third kappa shape index (κ3) is 3.09. The van der Waals surface area contributed by atoms with Crippen LogP contribution in [0.3, 0.4) is 0 Å². The van der Waals surface area contributed by atoms with E-state index in [1.807, 2.05) is 42.5 Å². The number of fused-ring (bicyclic) bond motifs is 1. The second-order valence-electron chi connectivity index (χ2n) is 6.01. The largest absolute Gasteiger partial charge is 0.507 e. The van der Waals surface area contributed by atoms with Crippen molar-refractivity contribution < 1.29 is 14.7 Å². The van der Waals surface area contributed by atoms with Crippen molar-refractivity contribution in [3.63, 3.8) is 0 Å². The van der Waals surface area contributed by atoms with Gasteiger partial charge in [0.05, 0.1) is 11.4 Å². The van der Waals surface area contributed by atoms with Crippen molar-refractivity contribution in [3.05, 3.63) is 82.8 Å². The molecule has 0 bridgehead atoms. The smallest absolute Gasteiger partial charge is 0.293 e. The van der Waals surface area contributed by atoms with Crippen molar-refractivity contribution in [2.24, 2.45) is 0 Å². The van der Waals surface area contributed by atoms with Crippen LogP contribution in [0.25, 0.3) is 16.8 Å². The summed E-state index contributed by atoms with van der Waals surface area (Å²) in [7, 11) is 0. The lowest BCUT2D eigenvalue weighted by Crippen LogP contribution is -2.27. The van der Waals surface area contributed by atoms with Gasteiger partial charge in [0, 0.05) is 5.56 Å². The third-order valence-corrected chi connectivity index (χ3v) is 5.16. The molecule has 2 amide bonds. The molecular formula is C21H15NO3S. The number of hydrogen-bond acceptors (Lipinski definition) is 4. The van der Waals surface area contributed by atoms with Crippen LogP contribution in [0.15, 0.2) is 71.6 Å². The Balaban J connectivity index is 1.60. The topological polar surface area (TPSA) is 57.6 Å². The van der Waals surface area contributed by atoms with Gasteiger partial charge in [-0.15, -0.1) is 0 Å². The molecule has 3 aromatic carbocycles. The van der Waals surface area contributed by atoms with Crippen molar-refractivity contribution >= 4 is 39.8 Å². The number of hydrogen-bond donors (Lipinski definition) is 1. The number of thioether (sulfide) groups is 1. The van der Waals surface area contributed by atoms with Crippen LogP contribution in [0.5, 0.6) is 5.75 Å². The van der Waals surface area contributed by atoms with E-state index in [-0.39, 0.29) is 23.4 Å². The first kappa shape index (κ1) is 16.4. The molecule has 4 nitrogen and oxygen atoms in total. The summed E-state index contributed by atoms with van der Waals surface area (Å²) in [5.74, 6) is -0.259. The number of para-hydroxylation sites is 1. The Bertz CT molecular complexity index is 1060. The van der Waals surface area contributed by atoms with Gasteiger partial charge in [-0.1, -0.05) is 54.6 Å². The molecule has 128 valence electrons. The molecule has 1 aliphatic rings. The number of phenolic OH excluding ortho intramolecular Hbond substituents is 1. The van der Waals surface area contributed by atoms with Crippen molar-refractivity contribution in [3.8, 4) is 5.75 Å². The van der Waals surface area contributed by atoms with Crippen LogP contribution < -0.4 is 0 Å². The van der Waals surface area contributed by atoms with E-state index < -0.39 is 0 Å². The highest BCUT2D eigenvalue weighted by molar-refractivity contribution is 8.18. The fourth-order valence-corrected chi connectivity index (χ4v) is 3.74. The average molecular weight is 361 g/mol. The zero-order valence-electron chi connectivity index (χ0n) is 13.8. The van der Waals surface area contributed by atoms with Crippen molar-refractivity contribution in [1.29, 1.82) is 0 Å². The van der Waals surface area contributed by atoms with Gasteiger partial charge < -0.3 is 5.11 Å². The van der Waals surface area contributed by atoms with Crippen LogP contribution in [0, 0.1) is 0 Å². The zero-order valence-corrected chi connectivity index (χ0v) is 14.6. The lowest BCUT2D eigenvalue weighted by molar-refractivity contribution is -0.123. The zero-order chi connectivity index (χ0) is 18.1. The summed E-state index contributed by atoms with van der Waals surface area (Å²) in [5.41, 5.74) is 1.42. The first-order valence-electron chi connectivity index (χ1n) is 8.13. The molecule has 0 radical (unpaired) electrons. The van der Waals surface area contributed by atoms with E-state index in [1.165, 1.54) is 4.90 Å². The molecule has 0 saturated carbocycles. The molecule has 0 unspecified atom stereocenters. The monoisotopic (exact) mass is 361 g/mol. The summed E-state index contributed by atoms with van der Waals surface area (Å²) >= 11 is 0.896. The summed E-state index contributed by atoms with van der Waals surface area (Å²) < 4.78 is 0. The van der Waals surface area contributed by atoms with Gasteiger partial charge in [0.25, 0.3) is 11.1 Å². The number of benzene rings is 3. The van der Waals surface area contributed by atoms with E-state index >= 15 is 0 Å². The summed E-state index contributed by atoms with van der Waals surface area (Å²) in [5, 5.41) is 11.7. The van der Waals surface area contributed by atoms with Gasteiger partial charge in [0.2, 0.25) is 0 Å². The number of nitrogens with zero attached hydrogens (tertiary/aromatic N) is 1. The maximum Gasteiger partial charge on any atom is 0.293 e. The Kier molecular flexibility index (Phi) is 4.22. The summed E-state index contributed by atoms with van der Waals surface area (Å²) in [6.07, 6.45) is 1.56. The van der Waals surface area contributed by atoms with Gasteiger partial charge in [-0.2, -0.15) is 0 Å². The van der Waals surface area contributed by atoms with Crippen molar-refractivity contribution in [2.75, 3.05) is 0 Å². The van der Waals surface area contributed by atoms with Crippen LogP contribution in [0.4, 0.5) is 4.79 Å². The van der Waals surface area contributed by atoms with Gasteiger partial charge in [-0.3, -0.25) is 14.5 Å². The molecule has 5 heteroatoms. The Labute approximate surface area is 154 Å². The molecular weight excluding hydrogens is 346 g/mol. The number of imide groups is 1. The Morgan fingerprint density at radius 2 is 1.65 bits per heavy atom. The number of carbonyl (C=O) groups excluding carboxylic acids is 2. The quantitative estimate of drug-likeness (QED) is 0.682. The van der Waals surface area contributed by atoms with Gasteiger partial charge >= 0.3 is 0 Å². The molecule has 1 heterocycles. The van der Waals surface area contributed by atoms with E-state index in [4.69, 9.17) is 0 Å². The molecule has 1 aliphatic heterocycles. The number of carbonyl (C=O) groups is 2. The van der Waals surface area contributed by atoms with Gasteiger partial charge in [0.1, 0.15) is 5.75 Å². The van der Waals surface area contributed by atoms with E-state index in [9.17, 15) is 14.7 Å². The predicted octanol–water partition coefficient (Wildman–Crippen LogP) is 4.78. The first-order valence-corrected chi connectivity index (χ1v) is 8.94. The maximum atomic E-state index is 12.6. The van der Waals surface area contributed by atoms with E-state index in [0.717, 1.165) is 28.1 Å².